The van der Waals surface area contributed by atoms with Crippen LogP contribution in [0.1, 0.15) is 26.0 Å². The highest BCUT2D eigenvalue weighted by atomic mass is 15.0. The maximum absolute atomic E-state index is 9.54. The number of fused-ring (bicyclic) bond motifs is 6. The average Bonchev–Trinajstić information content (AvgIpc) is 3.33. The molecule has 0 aliphatic carbocycles. The fourth-order valence-electron chi connectivity index (χ4n) is 5.31. The molecule has 0 fully saturated rings. The Balaban J connectivity index is 1.32. The van der Waals surface area contributed by atoms with Crippen LogP contribution in [0.5, 0.6) is 0 Å². The highest BCUT2D eigenvalue weighted by Gasteiger charge is 2.13. The summed E-state index contributed by atoms with van der Waals surface area (Å²) >= 11 is 0. The van der Waals surface area contributed by atoms with Crippen molar-refractivity contribution < 1.29 is 26.0 Å². The minimum Gasteiger partial charge on any atom is -0.208 e. The second kappa shape index (κ2) is 11.7. The van der Waals surface area contributed by atoms with E-state index in [0.29, 0.717) is 11.1 Å². The van der Waals surface area contributed by atoms with Gasteiger partial charge in [0, 0.05) is 16.7 Å². The Kier molecular flexibility index (Phi) is 3.55. The number of hydrogen-bond donors (Lipinski definition) is 0. The van der Waals surface area contributed by atoms with Crippen molar-refractivity contribution in [2.45, 2.75) is 0 Å². The summed E-state index contributed by atoms with van der Waals surface area (Å²) in [7, 11) is 0. The molecule has 3 heteroatoms. The third kappa shape index (κ3) is 4.99. The zero-order valence-electron chi connectivity index (χ0n) is 43.6. The van der Waals surface area contributed by atoms with Crippen molar-refractivity contribution in [3.8, 4) is 56.4 Å². The monoisotopic (exact) mass is 630 g/mol. The summed E-state index contributed by atoms with van der Waals surface area (Å²) in [6.07, 6.45) is 0. The molecule has 9 aromatic rings. The second-order valence-electron chi connectivity index (χ2n) is 10.5. The minimum absolute atomic E-state index is 0.165. The molecule has 1 aromatic heterocycles. The molecule has 0 spiro atoms. The molecule has 0 aliphatic rings. The summed E-state index contributed by atoms with van der Waals surface area (Å²) in [4.78, 5) is 13.7. The van der Waals surface area contributed by atoms with Gasteiger partial charge in [0.25, 0.3) is 0 Å². The largest absolute Gasteiger partial charge is 0.208 e. The van der Waals surface area contributed by atoms with Crippen LogP contribution in [0.25, 0.3) is 88.7 Å². The lowest BCUT2D eigenvalue weighted by Gasteiger charge is -2.12. The lowest BCUT2D eigenvalue weighted by Crippen LogP contribution is -2.00. The van der Waals surface area contributed by atoms with Gasteiger partial charge in [0.2, 0.25) is 0 Å². The zero-order chi connectivity index (χ0) is 48.4. The molecule has 1 heterocycles. The van der Waals surface area contributed by atoms with Gasteiger partial charge in [-0.15, -0.1) is 0 Å². The smallest absolute Gasteiger partial charge is 0.164 e. The first-order valence-corrected chi connectivity index (χ1v) is 14.7. The Morgan fingerprint density at radius 3 is 1.08 bits per heavy atom. The van der Waals surface area contributed by atoms with E-state index in [0.717, 1.165) is 0 Å². The van der Waals surface area contributed by atoms with Crippen LogP contribution < -0.4 is 0 Å². The topological polar surface area (TPSA) is 38.7 Å². The minimum atomic E-state index is -0.927. The fourth-order valence-corrected chi connectivity index (χ4v) is 5.31. The van der Waals surface area contributed by atoms with E-state index in [2.05, 4.69) is 15.0 Å². The van der Waals surface area contributed by atoms with Gasteiger partial charge in [-0.1, -0.05) is 169 Å². The summed E-state index contributed by atoms with van der Waals surface area (Å²) in [5.74, 6) is 0.109. The van der Waals surface area contributed by atoms with Crippen LogP contribution in [0.3, 0.4) is 0 Å². The summed E-state index contributed by atoms with van der Waals surface area (Å²) in [6, 6.07) is 2.53. The Morgan fingerprint density at radius 1 is 0.292 bits per heavy atom. The molecule has 48 heavy (non-hydrogen) atoms. The van der Waals surface area contributed by atoms with Crippen molar-refractivity contribution >= 4 is 32.3 Å². The Bertz CT molecular complexity index is 3520. The molecular weight excluding hydrogens is 583 g/mol. The lowest BCUT2D eigenvalue weighted by molar-refractivity contribution is 1.07. The van der Waals surface area contributed by atoms with Gasteiger partial charge in [0.05, 0.1) is 26.0 Å². The maximum Gasteiger partial charge on any atom is 0.164 e. The van der Waals surface area contributed by atoms with Crippen molar-refractivity contribution in [3.63, 3.8) is 0 Å². The molecule has 0 saturated carbocycles. The normalized spacial score (nSPS) is 16.9. The second-order valence-corrected chi connectivity index (χ2v) is 10.5. The number of hydrogen-bond acceptors (Lipinski definition) is 3. The Labute approximate surface area is 305 Å². The van der Waals surface area contributed by atoms with Gasteiger partial charge in [0.1, 0.15) is 0 Å². The summed E-state index contributed by atoms with van der Waals surface area (Å²) in [5.41, 5.74) is -1.92. The molecule has 0 bridgehead atoms. The molecule has 0 saturated heterocycles. The van der Waals surface area contributed by atoms with E-state index in [-0.39, 0.29) is 28.4 Å². The highest BCUT2D eigenvalue weighted by Crippen LogP contribution is 2.37. The van der Waals surface area contributed by atoms with E-state index in [9.17, 15) is 9.60 Å². The first-order chi connectivity index (χ1) is 31.7. The molecule has 0 radical (unpaired) electrons. The first-order valence-electron chi connectivity index (χ1n) is 24.2. The van der Waals surface area contributed by atoms with Crippen LogP contribution in [0.4, 0.5) is 0 Å². The summed E-state index contributed by atoms with van der Waals surface area (Å²) < 4.78 is 171. The van der Waals surface area contributed by atoms with Gasteiger partial charge in [0.15, 0.2) is 17.5 Å². The average molecular weight is 631 g/mol. The van der Waals surface area contributed by atoms with Crippen molar-refractivity contribution in [3.05, 3.63) is 175 Å². The van der Waals surface area contributed by atoms with E-state index in [1.165, 1.54) is 0 Å². The van der Waals surface area contributed by atoms with Gasteiger partial charge >= 0.3 is 0 Å². The van der Waals surface area contributed by atoms with Crippen LogP contribution >= 0.6 is 0 Å². The SMILES string of the molecule is [2H]c1c([2H])c(-c2c([2H])c([2H])c(-c3c([2H])c([2H])c4c5c([2H])c([2H])c([2H])c([2H])c5c5c([2H])c([2H])c([2H])c([2H])c5c4c3[2H])c([2H])c2[2H])c([2H])c([2H])c1-c1nc(-c2ccccc2)nc(-c2ccccc2)n1. The van der Waals surface area contributed by atoms with Gasteiger partial charge < -0.3 is 0 Å². The number of aromatic nitrogens is 3. The predicted molar refractivity (Wildman–Crippen MR) is 200 cm³/mol. The molecule has 224 valence electrons. The van der Waals surface area contributed by atoms with E-state index < -0.39 is 164 Å². The van der Waals surface area contributed by atoms with Crippen LogP contribution in [0.2, 0.25) is 0 Å². The predicted octanol–water partition coefficient (Wildman–Crippen LogP) is 11.7. The summed E-state index contributed by atoms with van der Waals surface area (Å²) in [5, 5.41) is -2.58. The number of benzene rings is 8. The van der Waals surface area contributed by atoms with Gasteiger partial charge in [-0.2, -0.15) is 0 Å². The van der Waals surface area contributed by atoms with Crippen LogP contribution in [-0.2, 0) is 0 Å². The van der Waals surface area contributed by atoms with Crippen LogP contribution in [-0.4, -0.2) is 15.0 Å². The Hall–Kier alpha value is -6.45. The number of rotatable bonds is 5. The third-order valence-corrected chi connectivity index (χ3v) is 7.61. The highest BCUT2D eigenvalue weighted by molar-refractivity contribution is 6.25. The third-order valence-electron chi connectivity index (χ3n) is 7.61. The maximum atomic E-state index is 9.54. The van der Waals surface area contributed by atoms with E-state index >= 15 is 0 Å². The van der Waals surface area contributed by atoms with Crippen LogP contribution in [0.15, 0.2) is 175 Å². The van der Waals surface area contributed by atoms with E-state index in [4.69, 9.17) is 16.4 Å². The molecule has 8 aromatic carbocycles. The first kappa shape index (κ1) is 14.5. The van der Waals surface area contributed by atoms with Crippen molar-refractivity contribution in [2.24, 2.45) is 0 Å². The van der Waals surface area contributed by atoms with Crippen LogP contribution in [0, 0.1) is 0 Å². The molecule has 0 amide bonds. The molecular formula is C45H29N3. The standard InChI is InChI=1S/C45H29N3/c1-3-11-33(12-4-1)43-46-44(34-13-5-2-6-14-34)48-45(47-43)35-25-23-31(24-26-35)30-19-21-32(22-20-30)36-27-28-41-39-17-8-7-15-37(39)38-16-9-10-18-40(38)42(41)29-36/h1-29H/i7D,8D,9D,10D,15D,16D,17D,18D,19D,20D,21D,22D,23D,24D,25D,26D,27D,28D,29D. The molecule has 3 nitrogen and oxygen atoms in total. The van der Waals surface area contributed by atoms with E-state index in [1.54, 1.807) is 60.7 Å². The van der Waals surface area contributed by atoms with Gasteiger partial charge in [-0.05, 0) is 60.6 Å². The number of nitrogens with zero attached hydrogens (tertiary/aromatic N) is 3. The zero-order valence-corrected chi connectivity index (χ0v) is 24.6. The van der Waals surface area contributed by atoms with Gasteiger partial charge in [-0.25, -0.2) is 15.0 Å². The quantitative estimate of drug-likeness (QED) is 0.178. The van der Waals surface area contributed by atoms with E-state index in [1.807, 2.05) is 0 Å². The molecule has 0 aliphatic heterocycles. The summed E-state index contributed by atoms with van der Waals surface area (Å²) in [6.45, 7) is 0. The molecule has 0 N–H and O–H groups in total. The Morgan fingerprint density at radius 2 is 0.625 bits per heavy atom. The van der Waals surface area contributed by atoms with Crippen molar-refractivity contribution in [2.75, 3.05) is 0 Å². The molecule has 0 atom stereocenters. The lowest BCUT2D eigenvalue weighted by atomic mass is 9.92. The molecule has 9 rings (SSSR count). The van der Waals surface area contributed by atoms with Crippen molar-refractivity contribution in [1.29, 1.82) is 0 Å². The van der Waals surface area contributed by atoms with Gasteiger partial charge in [-0.3, -0.25) is 0 Å². The molecule has 0 unspecified atom stereocenters. The van der Waals surface area contributed by atoms with Crippen molar-refractivity contribution in [1.82, 2.24) is 15.0 Å². The fraction of sp³-hybridized carbons (Fsp3) is 0.